The second-order valence-electron chi connectivity index (χ2n) is 4.73. The lowest BCUT2D eigenvalue weighted by Gasteiger charge is -2.32. The summed E-state index contributed by atoms with van der Waals surface area (Å²) in [5.41, 5.74) is 6.37. The van der Waals surface area contributed by atoms with Crippen molar-refractivity contribution in [2.45, 2.75) is 25.4 Å². The van der Waals surface area contributed by atoms with Gasteiger partial charge in [0.1, 0.15) is 0 Å². The zero-order valence-electron chi connectivity index (χ0n) is 10.5. The van der Waals surface area contributed by atoms with Crippen LogP contribution in [0.25, 0.3) is 0 Å². The second kappa shape index (κ2) is 5.73. The van der Waals surface area contributed by atoms with Crippen LogP contribution in [-0.4, -0.2) is 35.8 Å². The van der Waals surface area contributed by atoms with Crippen LogP contribution < -0.4 is 10.6 Å². The van der Waals surface area contributed by atoms with Crippen molar-refractivity contribution in [3.8, 4) is 0 Å². The van der Waals surface area contributed by atoms with Crippen LogP contribution >= 0.6 is 0 Å². The van der Waals surface area contributed by atoms with E-state index in [2.05, 4.69) is 9.97 Å². The summed E-state index contributed by atoms with van der Waals surface area (Å²) in [6, 6.07) is 0. The van der Waals surface area contributed by atoms with Crippen LogP contribution in [0.1, 0.15) is 18.4 Å². The first-order valence-corrected chi connectivity index (χ1v) is 6.33. The number of alkyl halides is 3. The van der Waals surface area contributed by atoms with Crippen molar-refractivity contribution in [2.75, 3.05) is 24.5 Å². The summed E-state index contributed by atoms with van der Waals surface area (Å²) in [4.78, 5) is 10.2. The van der Waals surface area contributed by atoms with E-state index < -0.39 is 12.1 Å². The molecule has 1 aromatic rings. The lowest BCUT2D eigenvalue weighted by atomic mass is 9.96. The molecule has 0 aliphatic carbocycles. The van der Waals surface area contributed by atoms with Crippen LogP contribution in [0.5, 0.6) is 0 Å². The highest BCUT2D eigenvalue weighted by atomic mass is 19.4. The Morgan fingerprint density at radius 2 is 1.79 bits per heavy atom. The van der Waals surface area contributed by atoms with Crippen LogP contribution in [0.4, 0.5) is 19.1 Å². The molecule has 1 aliphatic heterocycles. The Kier molecular flexibility index (Phi) is 4.24. The van der Waals surface area contributed by atoms with Gasteiger partial charge in [-0.15, -0.1) is 0 Å². The summed E-state index contributed by atoms with van der Waals surface area (Å²) in [5.74, 6) is -0.693. The Hall–Kier alpha value is -1.37. The Labute approximate surface area is 109 Å². The zero-order chi connectivity index (χ0) is 13.9. The van der Waals surface area contributed by atoms with Gasteiger partial charge in [0.05, 0.1) is 5.92 Å². The molecule has 0 radical (unpaired) electrons. The summed E-state index contributed by atoms with van der Waals surface area (Å²) in [5, 5.41) is 0. The van der Waals surface area contributed by atoms with Gasteiger partial charge in [0, 0.05) is 25.5 Å². The average Bonchev–Trinajstić information content (AvgIpc) is 2.39. The number of hydrogen-bond acceptors (Lipinski definition) is 4. The molecule has 2 N–H and O–H groups in total. The topological polar surface area (TPSA) is 55.0 Å². The minimum Gasteiger partial charge on any atom is -0.341 e. The molecule has 0 atom stereocenters. The number of rotatable bonds is 3. The normalized spacial score (nSPS) is 17.8. The van der Waals surface area contributed by atoms with Crippen LogP contribution in [0.2, 0.25) is 0 Å². The lowest BCUT2D eigenvalue weighted by Crippen LogP contribution is -2.39. The van der Waals surface area contributed by atoms with Crippen molar-refractivity contribution in [1.82, 2.24) is 9.97 Å². The molecule has 1 saturated heterocycles. The van der Waals surface area contributed by atoms with Crippen molar-refractivity contribution < 1.29 is 13.2 Å². The quantitative estimate of drug-likeness (QED) is 0.912. The zero-order valence-corrected chi connectivity index (χ0v) is 10.5. The maximum absolute atomic E-state index is 12.5. The monoisotopic (exact) mass is 274 g/mol. The van der Waals surface area contributed by atoms with E-state index in [1.807, 2.05) is 0 Å². The molecule has 1 fully saturated rings. The molecule has 4 nitrogen and oxygen atoms in total. The Bertz CT molecular complexity index is 396. The van der Waals surface area contributed by atoms with E-state index in [4.69, 9.17) is 5.73 Å². The van der Waals surface area contributed by atoms with E-state index in [0.29, 0.717) is 32.0 Å². The SMILES string of the molecule is NCCc1cnc(N2CCC(C(F)(F)F)CC2)nc1. The number of anilines is 1. The third kappa shape index (κ3) is 3.56. The Morgan fingerprint density at radius 3 is 2.26 bits per heavy atom. The highest BCUT2D eigenvalue weighted by molar-refractivity contribution is 5.30. The molecule has 0 aromatic carbocycles. The Balaban J connectivity index is 1.94. The summed E-state index contributed by atoms with van der Waals surface area (Å²) in [6.45, 7) is 1.22. The molecule has 1 aromatic heterocycles. The highest BCUT2D eigenvalue weighted by Gasteiger charge is 2.41. The predicted molar refractivity (Wildman–Crippen MR) is 65.8 cm³/mol. The maximum Gasteiger partial charge on any atom is 0.391 e. The molecule has 0 saturated carbocycles. The van der Waals surface area contributed by atoms with E-state index in [1.165, 1.54) is 0 Å². The predicted octanol–water partition coefficient (Wildman–Crippen LogP) is 1.76. The van der Waals surface area contributed by atoms with Crippen LogP contribution in [0.3, 0.4) is 0 Å². The van der Waals surface area contributed by atoms with Gasteiger partial charge in [0.2, 0.25) is 5.95 Å². The number of piperidine rings is 1. The fourth-order valence-electron chi connectivity index (χ4n) is 2.21. The molecule has 2 heterocycles. The van der Waals surface area contributed by atoms with Gasteiger partial charge in [-0.05, 0) is 31.4 Å². The number of nitrogens with zero attached hydrogens (tertiary/aromatic N) is 3. The van der Waals surface area contributed by atoms with E-state index >= 15 is 0 Å². The average molecular weight is 274 g/mol. The number of halogens is 3. The minimum atomic E-state index is -4.09. The fraction of sp³-hybridized carbons (Fsp3) is 0.667. The van der Waals surface area contributed by atoms with Gasteiger partial charge in [-0.1, -0.05) is 0 Å². The van der Waals surface area contributed by atoms with E-state index in [9.17, 15) is 13.2 Å². The molecule has 2 rings (SSSR count). The molecular formula is C12H17F3N4. The summed E-state index contributed by atoms with van der Waals surface area (Å²) in [7, 11) is 0. The van der Waals surface area contributed by atoms with Crippen molar-refractivity contribution >= 4 is 5.95 Å². The standard InChI is InChI=1S/C12H17F3N4/c13-12(14,15)10-2-5-19(6-3-10)11-17-7-9(1-4-16)8-18-11/h7-8,10H,1-6,16H2. The lowest BCUT2D eigenvalue weighted by molar-refractivity contribution is -0.179. The molecule has 0 unspecified atom stereocenters. The number of aromatic nitrogens is 2. The first-order valence-electron chi connectivity index (χ1n) is 6.33. The third-order valence-corrected chi connectivity index (χ3v) is 3.37. The summed E-state index contributed by atoms with van der Waals surface area (Å²) < 4.78 is 37.6. The molecule has 0 amide bonds. The number of nitrogens with two attached hydrogens (primary N) is 1. The molecule has 106 valence electrons. The smallest absolute Gasteiger partial charge is 0.341 e. The van der Waals surface area contributed by atoms with Gasteiger partial charge < -0.3 is 10.6 Å². The van der Waals surface area contributed by atoms with Gasteiger partial charge in [0.25, 0.3) is 0 Å². The largest absolute Gasteiger partial charge is 0.391 e. The molecular weight excluding hydrogens is 257 g/mol. The number of hydrogen-bond donors (Lipinski definition) is 1. The van der Waals surface area contributed by atoms with Gasteiger partial charge in [-0.2, -0.15) is 13.2 Å². The molecule has 0 spiro atoms. The van der Waals surface area contributed by atoms with Crippen molar-refractivity contribution in [1.29, 1.82) is 0 Å². The summed E-state index contributed by atoms with van der Waals surface area (Å²) in [6.07, 6.45) is 0.208. The van der Waals surface area contributed by atoms with Crippen LogP contribution in [0, 0.1) is 5.92 Å². The van der Waals surface area contributed by atoms with E-state index in [1.54, 1.807) is 17.3 Å². The van der Waals surface area contributed by atoms with Crippen LogP contribution in [0.15, 0.2) is 12.4 Å². The van der Waals surface area contributed by atoms with Gasteiger partial charge in [0.15, 0.2) is 0 Å². The minimum absolute atomic E-state index is 0.109. The third-order valence-electron chi connectivity index (χ3n) is 3.37. The molecule has 19 heavy (non-hydrogen) atoms. The van der Waals surface area contributed by atoms with E-state index in [0.717, 1.165) is 5.56 Å². The molecule has 0 bridgehead atoms. The molecule has 1 aliphatic rings. The first-order chi connectivity index (χ1) is 9.00. The van der Waals surface area contributed by atoms with Crippen molar-refractivity contribution in [2.24, 2.45) is 11.7 Å². The van der Waals surface area contributed by atoms with Crippen LogP contribution in [-0.2, 0) is 6.42 Å². The van der Waals surface area contributed by atoms with Crippen molar-refractivity contribution in [3.63, 3.8) is 0 Å². The maximum atomic E-state index is 12.5. The summed E-state index contributed by atoms with van der Waals surface area (Å²) >= 11 is 0. The molecule has 7 heteroatoms. The van der Waals surface area contributed by atoms with E-state index in [-0.39, 0.29) is 12.8 Å². The second-order valence-corrected chi connectivity index (χ2v) is 4.73. The highest BCUT2D eigenvalue weighted by Crippen LogP contribution is 2.34. The fourth-order valence-corrected chi connectivity index (χ4v) is 2.21. The Morgan fingerprint density at radius 1 is 1.21 bits per heavy atom. The van der Waals surface area contributed by atoms with Crippen molar-refractivity contribution in [3.05, 3.63) is 18.0 Å². The van der Waals surface area contributed by atoms with Gasteiger partial charge in [-0.25, -0.2) is 9.97 Å². The van der Waals surface area contributed by atoms with Gasteiger partial charge in [-0.3, -0.25) is 0 Å². The first kappa shape index (κ1) is 14.0. The van der Waals surface area contributed by atoms with Gasteiger partial charge >= 0.3 is 6.18 Å².